The predicted molar refractivity (Wildman–Crippen MR) is 184 cm³/mol. The van der Waals surface area contributed by atoms with Gasteiger partial charge in [-0.25, -0.2) is 0 Å². The van der Waals surface area contributed by atoms with Crippen LogP contribution in [0.3, 0.4) is 0 Å². The lowest BCUT2D eigenvalue weighted by atomic mass is 9.70. The number of allylic oxidation sites excluding steroid dienone is 13. The average molecular weight is 572 g/mol. The van der Waals surface area contributed by atoms with Crippen molar-refractivity contribution < 1.29 is 0 Å². The molecule has 9 rings (SSSR count). The minimum Gasteiger partial charge on any atom is -0.333 e. The van der Waals surface area contributed by atoms with Crippen molar-refractivity contribution in [2.24, 2.45) is 11.3 Å². The van der Waals surface area contributed by atoms with Crippen LogP contribution in [0.15, 0.2) is 153 Å². The van der Waals surface area contributed by atoms with Gasteiger partial charge in [0.25, 0.3) is 0 Å². The number of benzene rings is 2. The van der Waals surface area contributed by atoms with Gasteiger partial charge in [-0.1, -0.05) is 98.8 Å². The van der Waals surface area contributed by atoms with E-state index in [0.29, 0.717) is 12.0 Å². The number of aryl methyl sites for hydroxylation is 1. The summed E-state index contributed by atoms with van der Waals surface area (Å²) in [6, 6.07) is 20.4. The van der Waals surface area contributed by atoms with Crippen LogP contribution in [0.4, 0.5) is 5.69 Å². The molecule has 0 amide bonds. The van der Waals surface area contributed by atoms with Crippen LogP contribution < -0.4 is 4.90 Å². The maximum absolute atomic E-state index is 2.64. The Morgan fingerprint density at radius 2 is 1.41 bits per heavy atom. The van der Waals surface area contributed by atoms with Crippen LogP contribution in [0.5, 0.6) is 0 Å². The van der Waals surface area contributed by atoms with Gasteiger partial charge in [-0.05, 0) is 142 Å². The number of nitrogens with zero attached hydrogens (tertiary/aromatic N) is 1. The summed E-state index contributed by atoms with van der Waals surface area (Å²) in [6.07, 6.45) is 28.8. The average Bonchev–Trinajstić information content (AvgIpc) is 3.52. The molecule has 2 aromatic rings. The summed E-state index contributed by atoms with van der Waals surface area (Å²) in [5, 5.41) is 0. The minimum absolute atomic E-state index is 0.147. The molecule has 1 aliphatic heterocycles. The first-order chi connectivity index (χ1) is 21.6. The number of fused-ring (bicyclic) bond motifs is 5. The molecule has 1 heteroatoms. The van der Waals surface area contributed by atoms with Gasteiger partial charge < -0.3 is 4.90 Å². The Hall–Kier alpha value is -4.10. The topological polar surface area (TPSA) is 3.24 Å². The van der Waals surface area contributed by atoms with Gasteiger partial charge in [0.05, 0.1) is 6.04 Å². The highest BCUT2D eigenvalue weighted by molar-refractivity contribution is 5.72. The van der Waals surface area contributed by atoms with Crippen molar-refractivity contribution in [3.05, 3.63) is 164 Å². The fraction of sp³-hybridized carbons (Fsp3) is 0.302. The van der Waals surface area contributed by atoms with Crippen LogP contribution >= 0.6 is 0 Å². The maximum Gasteiger partial charge on any atom is 0.0629 e. The quantitative estimate of drug-likeness (QED) is 0.354. The molecule has 0 N–H and O–H groups in total. The minimum atomic E-state index is 0.147. The summed E-state index contributed by atoms with van der Waals surface area (Å²) < 4.78 is 0. The van der Waals surface area contributed by atoms with Crippen molar-refractivity contribution in [2.45, 2.75) is 71.3 Å². The van der Waals surface area contributed by atoms with Crippen LogP contribution in [0.25, 0.3) is 6.08 Å². The van der Waals surface area contributed by atoms with Crippen molar-refractivity contribution in [3.8, 4) is 0 Å². The lowest BCUT2D eigenvalue weighted by Gasteiger charge is -2.34. The molecule has 0 bridgehead atoms. The Kier molecular flexibility index (Phi) is 5.96. The van der Waals surface area contributed by atoms with E-state index in [1.165, 1.54) is 40.9 Å². The molecule has 2 atom stereocenters. The van der Waals surface area contributed by atoms with Gasteiger partial charge >= 0.3 is 0 Å². The zero-order valence-corrected chi connectivity index (χ0v) is 26.1. The highest BCUT2D eigenvalue weighted by Crippen LogP contribution is 2.59. The molecule has 2 unspecified atom stereocenters. The van der Waals surface area contributed by atoms with Gasteiger partial charge in [-0.15, -0.1) is 0 Å². The Labute approximate surface area is 262 Å². The number of para-hydroxylation sites is 1. The molecule has 7 aliphatic rings. The molecule has 0 saturated carbocycles. The van der Waals surface area contributed by atoms with Crippen molar-refractivity contribution in [3.63, 3.8) is 0 Å². The number of hydrogen-bond acceptors (Lipinski definition) is 1. The van der Waals surface area contributed by atoms with E-state index in [1.54, 1.807) is 44.6 Å². The second-order valence-electron chi connectivity index (χ2n) is 14.3. The van der Waals surface area contributed by atoms with Gasteiger partial charge in [0.15, 0.2) is 0 Å². The first-order valence-corrected chi connectivity index (χ1v) is 16.9. The Bertz CT molecular complexity index is 1870. The van der Waals surface area contributed by atoms with E-state index in [1.807, 2.05) is 0 Å². The van der Waals surface area contributed by atoms with E-state index in [0.717, 1.165) is 38.5 Å². The molecule has 1 nitrogen and oxygen atoms in total. The number of rotatable bonds is 3. The third kappa shape index (κ3) is 3.98. The monoisotopic (exact) mass is 571 g/mol. The molecule has 0 saturated heterocycles. The molecule has 2 aromatic carbocycles. The molecule has 44 heavy (non-hydrogen) atoms. The Morgan fingerprint density at radius 3 is 2.30 bits per heavy atom. The molecule has 0 fully saturated rings. The Morgan fingerprint density at radius 1 is 0.659 bits per heavy atom. The van der Waals surface area contributed by atoms with E-state index in [9.17, 15) is 0 Å². The molecular formula is C43H41N. The standard InChI is InChI=1S/C43H41N/c1-43(2)39-25-31(30-17-16-28-10-6-7-11-29(28)24-30)18-21-35(39)36-22-19-32(26-40(36)43)33-20-23-38-37-14-8-9-15-41(37)44(42(38)27-33)34-12-4-3-5-13-34/h3-14,18,21,24,26-27,39,41H,15-17,19-20,22-23,25H2,1-2H3. The summed E-state index contributed by atoms with van der Waals surface area (Å²) in [4.78, 5) is 2.63. The normalized spacial score (nSPS) is 26.4. The zero-order chi connectivity index (χ0) is 29.4. The molecule has 0 radical (unpaired) electrons. The summed E-state index contributed by atoms with van der Waals surface area (Å²) in [5.74, 6) is 0.571. The lowest BCUT2D eigenvalue weighted by Crippen LogP contribution is -2.30. The lowest BCUT2D eigenvalue weighted by molar-refractivity contribution is 0.331. The van der Waals surface area contributed by atoms with Gasteiger partial charge in [0.2, 0.25) is 0 Å². The van der Waals surface area contributed by atoms with Gasteiger partial charge in [-0.2, -0.15) is 0 Å². The Balaban J connectivity index is 1.05. The van der Waals surface area contributed by atoms with Gasteiger partial charge in [0.1, 0.15) is 0 Å². The van der Waals surface area contributed by atoms with Crippen molar-refractivity contribution in [1.29, 1.82) is 0 Å². The molecule has 1 heterocycles. The van der Waals surface area contributed by atoms with E-state index < -0.39 is 0 Å². The van der Waals surface area contributed by atoms with Crippen LogP contribution in [0.1, 0.15) is 69.9 Å². The third-order valence-corrected chi connectivity index (χ3v) is 11.7. The fourth-order valence-corrected chi connectivity index (χ4v) is 9.34. The number of hydrogen-bond donors (Lipinski definition) is 0. The SMILES string of the molecule is CC1(C)C2=C(CCC(C3=CC4=C(CC3)C3=CC=CCC3N4c3ccccc3)=C2)C2=CC=C(C3=Cc4ccccc4CC3)CC21. The van der Waals surface area contributed by atoms with Crippen LogP contribution in [0.2, 0.25) is 0 Å². The second kappa shape index (κ2) is 9.96. The highest BCUT2D eigenvalue weighted by Gasteiger charge is 2.46. The van der Waals surface area contributed by atoms with Gasteiger partial charge in [0, 0.05) is 11.4 Å². The highest BCUT2D eigenvalue weighted by atomic mass is 15.2. The zero-order valence-electron chi connectivity index (χ0n) is 26.1. The fourth-order valence-electron chi connectivity index (χ4n) is 9.34. The van der Waals surface area contributed by atoms with E-state index in [2.05, 4.69) is 122 Å². The molecule has 6 aliphatic carbocycles. The third-order valence-electron chi connectivity index (χ3n) is 11.7. The molecule has 0 aromatic heterocycles. The number of anilines is 1. The summed E-state index contributed by atoms with van der Waals surface area (Å²) in [6.45, 7) is 5.05. The van der Waals surface area contributed by atoms with Crippen molar-refractivity contribution >= 4 is 11.8 Å². The summed E-state index contributed by atoms with van der Waals surface area (Å²) >= 11 is 0. The maximum atomic E-state index is 2.64. The van der Waals surface area contributed by atoms with E-state index >= 15 is 0 Å². The predicted octanol–water partition coefficient (Wildman–Crippen LogP) is 10.7. The first-order valence-electron chi connectivity index (χ1n) is 16.9. The first kappa shape index (κ1) is 26.3. The van der Waals surface area contributed by atoms with Gasteiger partial charge in [-0.3, -0.25) is 0 Å². The van der Waals surface area contributed by atoms with Crippen LogP contribution in [0, 0.1) is 11.3 Å². The molecular weight excluding hydrogens is 530 g/mol. The summed E-state index contributed by atoms with van der Waals surface area (Å²) in [5.41, 5.74) is 20.1. The molecule has 218 valence electrons. The van der Waals surface area contributed by atoms with Crippen LogP contribution in [-0.4, -0.2) is 6.04 Å². The van der Waals surface area contributed by atoms with Crippen molar-refractivity contribution in [2.75, 3.05) is 4.90 Å². The molecule has 0 spiro atoms. The smallest absolute Gasteiger partial charge is 0.0629 e. The second-order valence-corrected chi connectivity index (χ2v) is 14.3. The van der Waals surface area contributed by atoms with E-state index in [4.69, 9.17) is 0 Å². The summed E-state index contributed by atoms with van der Waals surface area (Å²) in [7, 11) is 0. The van der Waals surface area contributed by atoms with Crippen molar-refractivity contribution in [1.82, 2.24) is 0 Å². The van der Waals surface area contributed by atoms with E-state index in [-0.39, 0.29) is 5.41 Å². The van der Waals surface area contributed by atoms with Crippen LogP contribution in [-0.2, 0) is 6.42 Å². The largest absolute Gasteiger partial charge is 0.333 e.